The Morgan fingerprint density at radius 3 is 2.06 bits per heavy atom. The first-order valence-electron chi connectivity index (χ1n) is 17.0. The van der Waals surface area contributed by atoms with Crippen LogP contribution in [0.25, 0.3) is 0 Å². The number of rotatable bonds is 9. The molecule has 1 saturated carbocycles. The molecule has 1 aliphatic heterocycles. The van der Waals surface area contributed by atoms with Crippen LogP contribution in [0.3, 0.4) is 0 Å². The number of aryl methyl sites for hydroxylation is 2. The summed E-state index contributed by atoms with van der Waals surface area (Å²) < 4.78 is 7.28. The van der Waals surface area contributed by atoms with Crippen molar-refractivity contribution in [2.75, 3.05) is 34.7 Å². The van der Waals surface area contributed by atoms with Crippen LogP contribution in [0.1, 0.15) is 94.9 Å². The summed E-state index contributed by atoms with van der Waals surface area (Å²) in [7, 11) is 6.86. The molecule has 4 atom stereocenters. The molecule has 3 aliphatic rings. The lowest BCUT2D eigenvalue weighted by molar-refractivity contribution is -0.131. The highest BCUT2D eigenvalue weighted by Crippen LogP contribution is 2.49. The molecular formula is C37H45N7O5. The summed E-state index contributed by atoms with van der Waals surface area (Å²) in [5, 5.41) is 13.1. The van der Waals surface area contributed by atoms with Crippen LogP contribution in [0, 0.1) is 17.2 Å². The summed E-state index contributed by atoms with van der Waals surface area (Å²) in [5.74, 6) is -0.238. The van der Waals surface area contributed by atoms with Gasteiger partial charge in [-0.05, 0) is 105 Å². The monoisotopic (exact) mass is 667 g/mol. The Morgan fingerprint density at radius 1 is 0.980 bits per heavy atom. The van der Waals surface area contributed by atoms with Gasteiger partial charge in [0.05, 0.1) is 24.1 Å². The topological polar surface area (TPSA) is 145 Å². The van der Waals surface area contributed by atoms with Crippen molar-refractivity contribution in [2.45, 2.75) is 82.5 Å². The van der Waals surface area contributed by atoms with E-state index in [-0.39, 0.29) is 42.4 Å². The van der Waals surface area contributed by atoms with Crippen molar-refractivity contribution in [3.05, 3.63) is 86.2 Å². The molecule has 1 N–H and O–H groups in total. The van der Waals surface area contributed by atoms with Crippen molar-refractivity contribution in [3.8, 4) is 6.07 Å². The van der Waals surface area contributed by atoms with E-state index in [0.29, 0.717) is 42.1 Å². The normalized spacial score (nSPS) is 20.8. The molecule has 0 radical (unpaired) electrons. The van der Waals surface area contributed by atoms with E-state index in [1.807, 2.05) is 57.2 Å². The molecule has 258 valence electrons. The van der Waals surface area contributed by atoms with E-state index in [9.17, 15) is 24.4 Å². The van der Waals surface area contributed by atoms with Gasteiger partial charge in [-0.1, -0.05) is 12.1 Å². The zero-order valence-electron chi connectivity index (χ0n) is 29.3. The number of nitriles is 1. The molecule has 1 aromatic heterocycles. The van der Waals surface area contributed by atoms with Gasteiger partial charge in [0.2, 0.25) is 5.91 Å². The van der Waals surface area contributed by atoms with Gasteiger partial charge < -0.3 is 24.5 Å². The van der Waals surface area contributed by atoms with Crippen LogP contribution in [0.15, 0.2) is 45.7 Å². The van der Waals surface area contributed by atoms with Gasteiger partial charge in [-0.15, -0.1) is 0 Å². The SMILES string of the molecule is CC(C)n1oc(=O)nc1C1(C[C@@H](C)NCC(=O)N2C(C#N)C[C@@H]3C[C@@H]32)c2ccc(C(=O)N(C)C)cc2CCc2cc(C(=O)N(C)C)ccc21. The van der Waals surface area contributed by atoms with E-state index in [2.05, 4.69) is 16.4 Å². The molecule has 3 amide bonds. The largest absolute Gasteiger partial charge is 0.459 e. The number of fused-ring (bicyclic) bond motifs is 3. The summed E-state index contributed by atoms with van der Waals surface area (Å²) >= 11 is 0. The molecule has 0 spiro atoms. The van der Waals surface area contributed by atoms with Crippen LogP contribution in [0.4, 0.5) is 0 Å². The molecule has 1 saturated heterocycles. The van der Waals surface area contributed by atoms with Gasteiger partial charge >= 0.3 is 5.76 Å². The minimum absolute atomic E-state index is 0.0563. The average molecular weight is 668 g/mol. The lowest BCUT2D eigenvalue weighted by Crippen LogP contribution is -2.47. The van der Waals surface area contributed by atoms with Crippen LogP contribution in [0.5, 0.6) is 0 Å². The highest BCUT2D eigenvalue weighted by Gasteiger charge is 2.54. The predicted octanol–water partition coefficient (Wildman–Crippen LogP) is 3.13. The van der Waals surface area contributed by atoms with E-state index >= 15 is 0 Å². The number of nitrogens with zero attached hydrogens (tertiary/aromatic N) is 6. The molecule has 2 aromatic carbocycles. The lowest BCUT2D eigenvalue weighted by Gasteiger charge is -2.38. The Kier molecular flexibility index (Phi) is 9.00. The number of hydrogen-bond acceptors (Lipinski definition) is 8. The summed E-state index contributed by atoms with van der Waals surface area (Å²) in [4.78, 5) is 62.1. The number of benzene rings is 2. The number of hydrogen-bond donors (Lipinski definition) is 1. The zero-order valence-corrected chi connectivity index (χ0v) is 29.3. The van der Waals surface area contributed by atoms with Crippen LogP contribution >= 0.6 is 0 Å². The van der Waals surface area contributed by atoms with Crippen molar-refractivity contribution in [2.24, 2.45) is 5.92 Å². The lowest BCUT2D eigenvalue weighted by atomic mass is 9.67. The van der Waals surface area contributed by atoms with Crippen LogP contribution in [-0.4, -0.2) is 95.0 Å². The number of carbonyl (C=O) groups is 3. The van der Waals surface area contributed by atoms with Gasteiger partial charge in [-0.25, -0.2) is 4.79 Å². The molecular weight excluding hydrogens is 622 g/mol. The van der Waals surface area contributed by atoms with Gasteiger partial charge in [0.25, 0.3) is 11.8 Å². The fourth-order valence-electron chi connectivity index (χ4n) is 7.91. The Labute approximate surface area is 286 Å². The molecule has 3 aromatic rings. The van der Waals surface area contributed by atoms with Crippen molar-refractivity contribution in [3.63, 3.8) is 0 Å². The van der Waals surface area contributed by atoms with Gasteiger partial charge in [-0.2, -0.15) is 15.0 Å². The molecule has 6 rings (SSSR count). The van der Waals surface area contributed by atoms with E-state index in [4.69, 9.17) is 4.52 Å². The molecule has 0 bridgehead atoms. The first-order chi connectivity index (χ1) is 23.3. The smallest absolute Gasteiger partial charge is 0.345 e. The summed E-state index contributed by atoms with van der Waals surface area (Å²) in [6, 6.07) is 12.9. The molecule has 12 nitrogen and oxygen atoms in total. The molecule has 2 aliphatic carbocycles. The predicted molar refractivity (Wildman–Crippen MR) is 182 cm³/mol. The maximum atomic E-state index is 13.5. The third kappa shape index (κ3) is 6.05. The number of nitrogens with one attached hydrogen (secondary N) is 1. The second-order valence-electron chi connectivity index (χ2n) is 14.5. The summed E-state index contributed by atoms with van der Waals surface area (Å²) in [5.41, 5.74) is 3.61. The standard InChI is InChI=1S/C37H45N7O5/c1-21(2)44-35(40-36(48)49-44)37(18-22(3)39-20-32(45)43-28(19-38)16-27-17-31(27)43)29-12-10-25(33(46)41(4)5)14-23(29)8-9-24-15-26(11-13-30(24)37)34(47)42(6)7/h10-15,21-22,27-28,31,39H,8-9,16-18,20H2,1-7H3/t22-,27-,28?,31+/m1/s1. The maximum absolute atomic E-state index is 13.5. The fourth-order valence-corrected chi connectivity index (χ4v) is 7.91. The summed E-state index contributed by atoms with van der Waals surface area (Å²) in [6.45, 7) is 5.90. The maximum Gasteiger partial charge on any atom is 0.459 e. The number of aromatic nitrogens is 2. The van der Waals surface area contributed by atoms with E-state index in [1.165, 1.54) is 9.80 Å². The second kappa shape index (κ2) is 12.9. The highest BCUT2D eigenvalue weighted by atomic mass is 16.5. The number of piperidine rings is 1. The Hall–Kier alpha value is -4.76. The minimum Gasteiger partial charge on any atom is -0.345 e. The van der Waals surface area contributed by atoms with E-state index in [0.717, 1.165) is 35.1 Å². The molecule has 1 unspecified atom stereocenters. The third-order valence-electron chi connectivity index (χ3n) is 10.3. The van der Waals surface area contributed by atoms with Gasteiger partial charge in [-0.3, -0.25) is 14.4 Å². The molecule has 12 heteroatoms. The van der Waals surface area contributed by atoms with Crippen molar-refractivity contribution < 1.29 is 18.9 Å². The zero-order chi connectivity index (χ0) is 35.4. The van der Waals surface area contributed by atoms with E-state index in [1.54, 1.807) is 37.8 Å². The van der Waals surface area contributed by atoms with E-state index < -0.39 is 17.2 Å². The van der Waals surface area contributed by atoms with Gasteiger partial charge in [0.15, 0.2) is 5.82 Å². The Balaban J connectivity index is 1.51. The molecule has 49 heavy (non-hydrogen) atoms. The van der Waals surface area contributed by atoms with Gasteiger partial charge in [0.1, 0.15) is 6.04 Å². The third-order valence-corrected chi connectivity index (χ3v) is 10.3. The average Bonchev–Trinajstić information content (AvgIpc) is 3.59. The van der Waals surface area contributed by atoms with Crippen LogP contribution < -0.4 is 11.1 Å². The van der Waals surface area contributed by atoms with Crippen molar-refractivity contribution >= 4 is 17.7 Å². The fraction of sp³-hybridized carbons (Fsp3) is 0.514. The second-order valence-corrected chi connectivity index (χ2v) is 14.5. The first kappa shape index (κ1) is 34.1. The first-order valence-corrected chi connectivity index (χ1v) is 17.0. The number of carbonyl (C=O) groups excluding carboxylic acids is 3. The van der Waals surface area contributed by atoms with Crippen molar-refractivity contribution in [1.82, 2.24) is 29.7 Å². The number of amides is 3. The minimum atomic E-state index is -1.07. The number of likely N-dealkylation sites (tertiary alicyclic amines) is 1. The van der Waals surface area contributed by atoms with Gasteiger partial charge in [0, 0.05) is 51.4 Å². The van der Waals surface area contributed by atoms with Crippen molar-refractivity contribution in [1.29, 1.82) is 5.26 Å². The summed E-state index contributed by atoms with van der Waals surface area (Å²) in [6.07, 6.45) is 3.21. The quantitative estimate of drug-likeness (QED) is 0.367. The Morgan fingerprint density at radius 2 is 1.55 bits per heavy atom. The molecule has 2 fully saturated rings. The Bertz CT molecular complexity index is 1830. The highest BCUT2D eigenvalue weighted by molar-refractivity contribution is 5.95. The van der Waals surface area contributed by atoms with Crippen LogP contribution in [-0.2, 0) is 23.1 Å². The van der Waals surface area contributed by atoms with Crippen LogP contribution in [0.2, 0.25) is 0 Å². The molecule has 2 heterocycles.